The zero-order valence-electron chi connectivity index (χ0n) is 67.5. The Morgan fingerprint density at radius 2 is 0.495 bits per heavy atom. The summed E-state index contributed by atoms with van der Waals surface area (Å²) in [5.74, 6) is -1.59. The third-order valence-corrected chi connectivity index (χ3v) is 19.8. The highest BCUT2D eigenvalue weighted by atomic mass is 31.2. The number of phosphoric ester groups is 2. The molecule has 107 heavy (non-hydrogen) atoms. The third-order valence-electron chi connectivity index (χ3n) is 17.9. The zero-order chi connectivity index (χ0) is 78.0. The summed E-state index contributed by atoms with van der Waals surface area (Å²) >= 11 is 0. The van der Waals surface area contributed by atoms with Crippen molar-refractivity contribution in [1.29, 1.82) is 0 Å². The molecule has 0 fully saturated rings. The molecule has 0 rings (SSSR count). The summed E-state index contributed by atoms with van der Waals surface area (Å²) < 4.78 is 61.2. The first-order chi connectivity index (χ1) is 52.2. The molecule has 0 aliphatic heterocycles. The number of allylic oxidation sites excluding steroid dienone is 22. The molecule has 0 saturated carbocycles. The number of ether oxygens (including phenoxy) is 3. The van der Waals surface area contributed by atoms with Crippen LogP contribution in [0.5, 0.6) is 0 Å². The van der Waals surface area contributed by atoms with E-state index < -0.39 is 91.5 Å². The Morgan fingerprint density at radius 1 is 0.271 bits per heavy atom. The molecule has 0 aliphatic rings. The van der Waals surface area contributed by atoms with Crippen molar-refractivity contribution in [3.63, 3.8) is 0 Å². The first-order valence-electron chi connectivity index (χ1n) is 42.5. The molecule has 616 valence electrons. The third kappa shape index (κ3) is 82.5. The van der Waals surface area contributed by atoms with Crippen molar-refractivity contribution in [3.05, 3.63) is 134 Å². The fraction of sp³-hybridized carbons (Fsp3) is 0.719. The lowest BCUT2D eigenvalue weighted by Gasteiger charge is -2.21. The number of phosphoric acid groups is 2. The second-order valence-corrected chi connectivity index (χ2v) is 31.1. The summed E-state index contributed by atoms with van der Waals surface area (Å²) in [6.45, 7) is 2.46. The summed E-state index contributed by atoms with van der Waals surface area (Å²) in [4.78, 5) is 58.7. The molecule has 0 spiro atoms. The molecule has 0 heterocycles. The number of carbonyl (C=O) groups excluding carboxylic acids is 3. The van der Waals surface area contributed by atoms with Crippen molar-refractivity contribution >= 4 is 33.6 Å². The van der Waals surface area contributed by atoms with Gasteiger partial charge in [0.25, 0.3) is 0 Å². The van der Waals surface area contributed by atoms with Gasteiger partial charge in [0.15, 0.2) is 6.10 Å². The van der Waals surface area contributed by atoms with E-state index in [1.807, 2.05) is 0 Å². The van der Waals surface area contributed by atoms with E-state index in [0.29, 0.717) is 19.3 Å². The molecule has 18 heteroatoms. The minimum atomic E-state index is -4.94. The first kappa shape index (κ1) is 103. The van der Waals surface area contributed by atoms with Gasteiger partial charge in [-0.2, -0.15) is 0 Å². The minimum absolute atomic E-state index is 0.0998. The van der Waals surface area contributed by atoms with Crippen LogP contribution < -0.4 is 0 Å². The number of hydrogen-bond acceptors (Lipinski definition) is 14. The van der Waals surface area contributed by atoms with E-state index in [0.717, 1.165) is 141 Å². The van der Waals surface area contributed by atoms with Gasteiger partial charge in [-0.3, -0.25) is 32.5 Å². The van der Waals surface area contributed by atoms with Gasteiger partial charge in [-0.05, 0) is 116 Å². The second kappa shape index (κ2) is 81.2. The van der Waals surface area contributed by atoms with Gasteiger partial charge in [0.2, 0.25) is 0 Å². The van der Waals surface area contributed by atoms with Gasteiger partial charge >= 0.3 is 33.6 Å². The maximum absolute atomic E-state index is 13.0. The minimum Gasteiger partial charge on any atom is -0.463 e. The van der Waals surface area contributed by atoms with Gasteiger partial charge in [-0.1, -0.05) is 353 Å². The van der Waals surface area contributed by atoms with Crippen molar-refractivity contribution in [2.24, 2.45) is 0 Å². The van der Waals surface area contributed by atoms with Crippen LogP contribution in [0.25, 0.3) is 0 Å². The van der Waals surface area contributed by atoms with E-state index in [1.165, 1.54) is 154 Å². The molecule has 0 amide bonds. The normalized spacial score (nSPS) is 14.6. The Labute approximate surface area is 652 Å². The van der Waals surface area contributed by atoms with Crippen LogP contribution in [0.15, 0.2) is 134 Å². The SMILES string of the molecule is CC/C=C\C/C=C\C/C=C\C/C=C\C/C=C\C/C=C\CCCCCCC(=O)OCC(COP(=O)(O)OCC(O)COP(=O)(O)OCC(O)COC(=O)CCCCCCCCCCCCCCCCCCCCC/C=C\C/C=C\C/C=C\C/C=C\C/C=C\CC)OC(=O)CCCCCCCCCCCCCCC. The number of aliphatic hydroxyl groups excluding tert-OH is 2. The Kier molecular flexibility index (Phi) is 77.9. The first-order valence-corrected chi connectivity index (χ1v) is 45.5. The van der Waals surface area contributed by atoms with Gasteiger partial charge in [-0.15, -0.1) is 0 Å². The molecule has 4 N–H and O–H groups in total. The molecular weight excluding hydrogens is 1390 g/mol. The Balaban J connectivity index is 4.40. The topological polar surface area (TPSA) is 231 Å². The Hall–Kier alpha value is -4.31. The van der Waals surface area contributed by atoms with Crippen LogP contribution >= 0.6 is 15.6 Å². The van der Waals surface area contributed by atoms with E-state index in [2.05, 4.69) is 154 Å². The number of unbranched alkanes of at least 4 members (excludes halogenated alkanes) is 35. The monoisotopic (exact) mass is 1540 g/mol. The largest absolute Gasteiger partial charge is 0.472 e. The predicted octanol–water partition coefficient (Wildman–Crippen LogP) is 25.4. The van der Waals surface area contributed by atoms with Gasteiger partial charge < -0.3 is 34.2 Å². The summed E-state index contributed by atoms with van der Waals surface area (Å²) in [7, 11) is -9.79. The molecule has 0 aromatic carbocycles. The molecule has 0 aromatic rings. The molecular formula is C89H154O16P2. The average Bonchev–Trinajstić information content (AvgIpc) is 0.914. The molecule has 0 aromatic heterocycles. The standard InChI is InChI=1S/C89H154O16P2/c1-4-7-10-13-16-19-22-25-27-29-31-33-35-36-37-38-39-40-41-42-43-44-45-46-48-50-51-53-55-58-60-63-66-69-72-75-87(92)99-78-84(90)79-101-106(95,96)102-80-85(91)81-103-107(97,98)104-83-86(105-89(94)77-74-71-68-65-62-57-24-21-18-15-12-9-6-3)82-100-88(93)76-73-70-67-64-61-59-56-54-52-49-47-34-32-30-28-26-23-20-17-14-11-8-5-2/h7-8,10-11,16-17,19-20,25-28,31-34,36-37,49,52,56,59,84-86,90-91H,4-6,9,12-15,18,21-24,29-30,35,38-48,50-51,53-55,57-58,60-83H2,1-3H3,(H,95,96)(H,97,98)/b10-7-,11-8-,19-16-,20-17-,27-25-,28-26-,33-31-,34-32-,37-36-,52-49-,59-56-. The Bertz CT molecular complexity index is 2480. The number of rotatable bonds is 80. The average molecular weight is 1540 g/mol. The van der Waals surface area contributed by atoms with Gasteiger partial charge in [0.1, 0.15) is 25.4 Å². The summed E-state index contributed by atoms with van der Waals surface area (Å²) in [5.41, 5.74) is 0. The van der Waals surface area contributed by atoms with Crippen LogP contribution in [-0.4, -0.2) is 95.9 Å². The highest BCUT2D eigenvalue weighted by Crippen LogP contribution is 2.45. The zero-order valence-corrected chi connectivity index (χ0v) is 69.3. The molecule has 0 saturated heterocycles. The molecule has 5 atom stereocenters. The van der Waals surface area contributed by atoms with Crippen LogP contribution in [0.3, 0.4) is 0 Å². The van der Waals surface area contributed by atoms with Crippen molar-refractivity contribution in [3.8, 4) is 0 Å². The van der Waals surface area contributed by atoms with Gasteiger partial charge in [0, 0.05) is 19.3 Å². The molecule has 0 aliphatic carbocycles. The lowest BCUT2D eigenvalue weighted by Crippen LogP contribution is -2.30. The van der Waals surface area contributed by atoms with E-state index in [1.54, 1.807) is 0 Å². The summed E-state index contributed by atoms with van der Waals surface area (Å²) in [6, 6.07) is 0. The lowest BCUT2D eigenvalue weighted by molar-refractivity contribution is -0.161. The van der Waals surface area contributed by atoms with Crippen molar-refractivity contribution in [2.45, 2.75) is 373 Å². The van der Waals surface area contributed by atoms with E-state index >= 15 is 0 Å². The molecule has 5 unspecified atom stereocenters. The molecule has 0 bridgehead atoms. The van der Waals surface area contributed by atoms with Crippen LogP contribution in [0.4, 0.5) is 0 Å². The van der Waals surface area contributed by atoms with Crippen molar-refractivity contribution in [1.82, 2.24) is 0 Å². The van der Waals surface area contributed by atoms with Crippen LogP contribution in [0.2, 0.25) is 0 Å². The van der Waals surface area contributed by atoms with Crippen molar-refractivity contribution < 1.29 is 75.8 Å². The second-order valence-electron chi connectivity index (χ2n) is 28.2. The fourth-order valence-corrected chi connectivity index (χ4v) is 13.1. The fourth-order valence-electron chi connectivity index (χ4n) is 11.5. The highest BCUT2D eigenvalue weighted by molar-refractivity contribution is 7.47. The number of esters is 3. The summed E-state index contributed by atoms with van der Waals surface area (Å²) in [6.07, 6.45) is 99.5. The van der Waals surface area contributed by atoms with Crippen LogP contribution in [-0.2, 0) is 55.8 Å². The quantitative estimate of drug-likeness (QED) is 0.0146. The molecule has 0 radical (unpaired) electrons. The van der Waals surface area contributed by atoms with E-state index in [4.69, 9.17) is 32.3 Å². The Morgan fingerprint density at radius 3 is 0.785 bits per heavy atom. The smallest absolute Gasteiger partial charge is 0.463 e. The van der Waals surface area contributed by atoms with E-state index in [-0.39, 0.29) is 19.3 Å². The van der Waals surface area contributed by atoms with Crippen molar-refractivity contribution in [2.75, 3.05) is 39.6 Å². The number of aliphatic hydroxyl groups is 2. The van der Waals surface area contributed by atoms with Crippen LogP contribution in [0, 0.1) is 0 Å². The molecule has 16 nitrogen and oxygen atoms in total. The van der Waals surface area contributed by atoms with Gasteiger partial charge in [0.05, 0.1) is 26.4 Å². The van der Waals surface area contributed by atoms with Gasteiger partial charge in [-0.25, -0.2) is 9.13 Å². The van der Waals surface area contributed by atoms with Crippen LogP contribution in [0.1, 0.15) is 355 Å². The highest BCUT2D eigenvalue weighted by Gasteiger charge is 2.29. The number of hydrogen-bond donors (Lipinski definition) is 4. The maximum Gasteiger partial charge on any atom is 0.472 e. The lowest BCUT2D eigenvalue weighted by atomic mass is 10.0. The van der Waals surface area contributed by atoms with E-state index in [9.17, 15) is 43.5 Å². The summed E-state index contributed by atoms with van der Waals surface area (Å²) in [5, 5.41) is 20.7. The number of carbonyl (C=O) groups is 3. The predicted molar refractivity (Wildman–Crippen MR) is 445 cm³/mol. The maximum atomic E-state index is 13.0.